The molecular formula is C24H28FN3O. The fourth-order valence-electron chi connectivity index (χ4n) is 5.09. The minimum Gasteiger partial charge on any atom is -0.495 e. The maximum atomic E-state index is 13.7. The first-order chi connectivity index (χ1) is 14.2. The number of fused-ring (bicyclic) bond motifs is 1. The van der Waals surface area contributed by atoms with Gasteiger partial charge in [0.2, 0.25) is 0 Å². The molecule has 2 N–H and O–H groups in total. The molecular weight excluding hydrogens is 365 g/mol. The number of rotatable bonds is 5. The van der Waals surface area contributed by atoms with Crippen molar-refractivity contribution in [3.8, 4) is 5.75 Å². The van der Waals surface area contributed by atoms with Gasteiger partial charge in [0, 0.05) is 36.2 Å². The van der Waals surface area contributed by atoms with Crippen LogP contribution in [0.5, 0.6) is 5.75 Å². The smallest absolute Gasteiger partial charge is 0.141 e. The van der Waals surface area contributed by atoms with Crippen molar-refractivity contribution in [1.29, 1.82) is 0 Å². The Bertz CT molecular complexity index is 987. The van der Waals surface area contributed by atoms with Crippen LogP contribution in [-0.2, 0) is 0 Å². The van der Waals surface area contributed by atoms with Gasteiger partial charge in [-0.25, -0.2) is 4.39 Å². The molecule has 0 spiro atoms. The molecule has 1 saturated carbocycles. The summed E-state index contributed by atoms with van der Waals surface area (Å²) in [6.07, 6.45) is 6.87. The average Bonchev–Trinajstić information content (AvgIpc) is 3.14. The quantitative estimate of drug-likeness (QED) is 0.631. The van der Waals surface area contributed by atoms with Gasteiger partial charge in [-0.1, -0.05) is 12.1 Å². The second-order valence-corrected chi connectivity index (χ2v) is 8.43. The summed E-state index contributed by atoms with van der Waals surface area (Å²) >= 11 is 0. The molecule has 0 radical (unpaired) electrons. The van der Waals surface area contributed by atoms with Crippen molar-refractivity contribution in [1.82, 2.24) is 9.88 Å². The van der Waals surface area contributed by atoms with Crippen LogP contribution in [-0.4, -0.2) is 42.2 Å². The monoisotopic (exact) mass is 393 g/mol. The number of aromatic amines is 1. The van der Waals surface area contributed by atoms with E-state index in [0.717, 1.165) is 35.4 Å². The van der Waals surface area contributed by atoms with Gasteiger partial charge < -0.3 is 15.0 Å². The molecule has 152 valence electrons. The highest BCUT2D eigenvalue weighted by atomic mass is 19.1. The molecule has 0 unspecified atom stereocenters. The van der Waals surface area contributed by atoms with Gasteiger partial charge in [-0.15, -0.1) is 0 Å². The van der Waals surface area contributed by atoms with Gasteiger partial charge in [0.05, 0.1) is 18.8 Å². The standard InChI is InChI=1S/C24H28FN3O/c1-29-24-5-3-2-4-23(24)27-18-14-28(15-18)19-9-6-16(7-10-19)21-13-26-22-11-8-17(25)12-20(21)22/h2-5,8,11-13,16,18-19,26-27H,6-7,9-10,14-15H2,1H3. The largest absolute Gasteiger partial charge is 0.495 e. The minimum absolute atomic E-state index is 0.152. The number of hydrogen-bond donors (Lipinski definition) is 2. The number of benzene rings is 2. The van der Waals surface area contributed by atoms with E-state index in [2.05, 4.69) is 27.5 Å². The van der Waals surface area contributed by atoms with Crippen molar-refractivity contribution < 1.29 is 9.13 Å². The van der Waals surface area contributed by atoms with Crippen LogP contribution in [0.25, 0.3) is 10.9 Å². The number of hydrogen-bond acceptors (Lipinski definition) is 3. The van der Waals surface area contributed by atoms with Gasteiger partial charge in [-0.05, 0) is 67.5 Å². The average molecular weight is 394 g/mol. The molecule has 1 aliphatic carbocycles. The van der Waals surface area contributed by atoms with E-state index in [1.807, 2.05) is 24.3 Å². The Kier molecular flexibility index (Phi) is 4.92. The fraction of sp³-hybridized carbons (Fsp3) is 0.417. The molecule has 0 amide bonds. The lowest BCUT2D eigenvalue weighted by Gasteiger charge is -2.47. The number of nitrogens with one attached hydrogen (secondary N) is 2. The second kappa shape index (κ2) is 7.71. The zero-order valence-corrected chi connectivity index (χ0v) is 16.8. The number of likely N-dealkylation sites (tertiary alicyclic amines) is 1. The van der Waals surface area contributed by atoms with Crippen LogP contribution in [0.1, 0.15) is 37.2 Å². The molecule has 1 aliphatic heterocycles. The molecule has 3 aromatic rings. The Morgan fingerprint density at radius 3 is 2.66 bits per heavy atom. The number of para-hydroxylation sites is 2. The Morgan fingerprint density at radius 2 is 1.86 bits per heavy atom. The SMILES string of the molecule is COc1ccccc1NC1CN(C2CCC(c3c[nH]c4ccc(F)cc34)CC2)C1. The Morgan fingerprint density at radius 1 is 1.07 bits per heavy atom. The fourth-order valence-corrected chi connectivity index (χ4v) is 5.09. The molecule has 1 saturated heterocycles. The molecule has 2 aromatic carbocycles. The van der Waals surface area contributed by atoms with Crippen molar-refractivity contribution in [2.24, 2.45) is 0 Å². The Balaban J connectivity index is 1.15. The topological polar surface area (TPSA) is 40.3 Å². The molecule has 1 aromatic heterocycles. The normalized spacial score (nSPS) is 23.1. The second-order valence-electron chi connectivity index (χ2n) is 8.43. The van der Waals surface area contributed by atoms with E-state index in [-0.39, 0.29) is 5.82 Å². The van der Waals surface area contributed by atoms with Gasteiger partial charge in [0.1, 0.15) is 11.6 Å². The van der Waals surface area contributed by atoms with E-state index in [1.165, 1.54) is 37.3 Å². The lowest BCUT2D eigenvalue weighted by Crippen LogP contribution is -2.59. The van der Waals surface area contributed by atoms with Gasteiger partial charge in [-0.3, -0.25) is 4.90 Å². The van der Waals surface area contributed by atoms with Crippen LogP contribution in [0.2, 0.25) is 0 Å². The molecule has 5 rings (SSSR count). The summed E-state index contributed by atoms with van der Waals surface area (Å²) in [5, 5.41) is 4.67. The van der Waals surface area contributed by atoms with Crippen molar-refractivity contribution in [3.05, 3.63) is 60.0 Å². The summed E-state index contributed by atoms with van der Waals surface area (Å²) in [5.41, 5.74) is 3.41. The molecule has 2 fully saturated rings. The van der Waals surface area contributed by atoms with E-state index in [4.69, 9.17) is 4.74 Å². The van der Waals surface area contributed by atoms with Crippen LogP contribution in [0, 0.1) is 5.82 Å². The van der Waals surface area contributed by atoms with Crippen LogP contribution in [0.4, 0.5) is 10.1 Å². The summed E-state index contributed by atoms with van der Waals surface area (Å²) in [4.78, 5) is 5.92. The molecule has 2 heterocycles. The number of halogens is 1. The highest BCUT2D eigenvalue weighted by molar-refractivity contribution is 5.83. The zero-order chi connectivity index (χ0) is 19.8. The molecule has 29 heavy (non-hydrogen) atoms. The van der Waals surface area contributed by atoms with Gasteiger partial charge in [-0.2, -0.15) is 0 Å². The van der Waals surface area contributed by atoms with Crippen molar-refractivity contribution >= 4 is 16.6 Å². The Labute approximate surface area is 171 Å². The number of anilines is 1. The van der Waals surface area contributed by atoms with Gasteiger partial charge >= 0.3 is 0 Å². The summed E-state index contributed by atoms with van der Waals surface area (Å²) in [6, 6.07) is 14.3. The lowest BCUT2D eigenvalue weighted by molar-refractivity contribution is 0.0749. The third-order valence-corrected chi connectivity index (χ3v) is 6.71. The first-order valence-electron chi connectivity index (χ1n) is 10.6. The van der Waals surface area contributed by atoms with Crippen LogP contribution >= 0.6 is 0 Å². The maximum Gasteiger partial charge on any atom is 0.141 e. The molecule has 5 heteroatoms. The third-order valence-electron chi connectivity index (χ3n) is 6.71. The zero-order valence-electron chi connectivity index (χ0n) is 16.8. The van der Waals surface area contributed by atoms with Crippen LogP contribution in [0.15, 0.2) is 48.7 Å². The van der Waals surface area contributed by atoms with Gasteiger partial charge in [0.15, 0.2) is 0 Å². The molecule has 4 nitrogen and oxygen atoms in total. The Hall–Kier alpha value is -2.53. The number of H-pyrrole nitrogens is 1. The molecule has 0 atom stereocenters. The van der Waals surface area contributed by atoms with Crippen LogP contribution in [0.3, 0.4) is 0 Å². The maximum absolute atomic E-state index is 13.7. The predicted octanol–water partition coefficient (Wildman–Crippen LogP) is 5.14. The number of methoxy groups -OCH3 is 1. The van der Waals surface area contributed by atoms with Crippen molar-refractivity contribution in [2.45, 2.75) is 43.7 Å². The highest BCUT2D eigenvalue weighted by Crippen LogP contribution is 2.39. The first kappa shape index (κ1) is 18.5. The first-order valence-corrected chi connectivity index (χ1v) is 10.6. The number of ether oxygens (including phenoxy) is 1. The highest BCUT2D eigenvalue weighted by Gasteiger charge is 2.35. The van der Waals surface area contributed by atoms with E-state index in [0.29, 0.717) is 18.0 Å². The third kappa shape index (κ3) is 3.60. The van der Waals surface area contributed by atoms with E-state index >= 15 is 0 Å². The predicted molar refractivity (Wildman–Crippen MR) is 115 cm³/mol. The number of nitrogens with zero attached hydrogens (tertiary/aromatic N) is 1. The summed E-state index contributed by atoms with van der Waals surface area (Å²) in [7, 11) is 1.72. The van der Waals surface area contributed by atoms with Crippen molar-refractivity contribution in [2.75, 3.05) is 25.5 Å². The molecule has 2 aliphatic rings. The summed E-state index contributed by atoms with van der Waals surface area (Å²) in [5.74, 6) is 1.29. The number of aromatic nitrogens is 1. The van der Waals surface area contributed by atoms with Gasteiger partial charge in [0.25, 0.3) is 0 Å². The van der Waals surface area contributed by atoms with E-state index in [1.54, 1.807) is 13.2 Å². The van der Waals surface area contributed by atoms with Crippen molar-refractivity contribution in [3.63, 3.8) is 0 Å². The summed E-state index contributed by atoms with van der Waals surface area (Å²) in [6.45, 7) is 2.18. The van der Waals surface area contributed by atoms with E-state index < -0.39 is 0 Å². The van der Waals surface area contributed by atoms with E-state index in [9.17, 15) is 4.39 Å². The lowest BCUT2D eigenvalue weighted by atomic mass is 9.80. The van der Waals surface area contributed by atoms with Crippen LogP contribution < -0.4 is 10.1 Å². The molecule has 0 bridgehead atoms. The minimum atomic E-state index is -0.152. The summed E-state index contributed by atoms with van der Waals surface area (Å²) < 4.78 is 19.1.